The van der Waals surface area contributed by atoms with E-state index >= 15 is 0 Å². The van der Waals surface area contributed by atoms with Gasteiger partial charge in [-0.15, -0.1) is 0 Å². The Labute approximate surface area is 151 Å². The van der Waals surface area contributed by atoms with Crippen molar-refractivity contribution in [1.82, 2.24) is 14.3 Å². The van der Waals surface area contributed by atoms with Crippen molar-refractivity contribution in [2.45, 2.75) is 13.5 Å². The van der Waals surface area contributed by atoms with Crippen molar-refractivity contribution in [2.24, 2.45) is 0 Å². The molecule has 1 saturated heterocycles. The lowest BCUT2D eigenvalue weighted by Crippen LogP contribution is -2.46. The van der Waals surface area contributed by atoms with Gasteiger partial charge in [-0.05, 0) is 31.2 Å². The molecular weight excluding hydrogens is 330 g/mol. The molecule has 2 aromatic heterocycles. The summed E-state index contributed by atoms with van der Waals surface area (Å²) in [4.78, 5) is 20.0. The highest BCUT2D eigenvalue weighted by atomic mass is 16.6. The summed E-state index contributed by atoms with van der Waals surface area (Å²) in [7, 11) is 0. The molecule has 4 rings (SSSR count). The third-order valence-electron chi connectivity index (χ3n) is 4.91. The van der Waals surface area contributed by atoms with Gasteiger partial charge < -0.3 is 9.30 Å². The van der Waals surface area contributed by atoms with Gasteiger partial charge >= 0.3 is 0 Å². The first kappa shape index (κ1) is 16.5. The Morgan fingerprint density at radius 1 is 1.15 bits per heavy atom. The molecule has 26 heavy (non-hydrogen) atoms. The molecule has 134 valence electrons. The maximum Gasteiger partial charge on any atom is 0.272 e. The Bertz CT molecular complexity index is 911. The first-order chi connectivity index (χ1) is 12.6. The van der Waals surface area contributed by atoms with Crippen molar-refractivity contribution in [3.05, 3.63) is 70.2 Å². The molecule has 3 aromatic rings. The molecule has 0 radical (unpaired) electrons. The van der Waals surface area contributed by atoms with Gasteiger partial charge in [-0.2, -0.15) is 0 Å². The number of nitro groups is 1. The second kappa shape index (κ2) is 6.76. The van der Waals surface area contributed by atoms with Crippen molar-refractivity contribution >= 4 is 17.0 Å². The number of benzene rings is 1. The van der Waals surface area contributed by atoms with E-state index in [1.807, 2.05) is 40.9 Å². The molecule has 0 bridgehead atoms. The minimum atomic E-state index is -0.327. The van der Waals surface area contributed by atoms with E-state index in [1.165, 1.54) is 0 Å². The van der Waals surface area contributed by atoms with Crippen LogP contribution in [0.5, 0.6) is 0 Å². The molecule has 1 aliphatic rings. The molecule has 0 unspecified atom stereocenters. The molecule has 7 heteroatoms. The predicted octanol–water partition coefficient (Wildman–Crippen LogP) is 2.87. The summed E-state index contributed by atoms with van der Waals surface area (Å²) < 4.78 is 2.05. The van der Waals surface area contributed by atoms with Crippen LogP contribution in [0, 0.1) is 17.0 Å². The molecule has 0 N–H and O–H groups in total. The fourth-order valence-corrected chi connectivity index (χ4v) is 3.50. The number of hydrogen-bond donors (Lipinski definition) is 0. The lowest BCUT2D eigenvalue weighted by atomic mass is 10.1. The van der Waals surface area contributed by atoms with Crippen LogP contribution >= 0.6 is 0 Å². The zero-order chi connectivity index (χ0) is 18.1. The maximum absolute atomic E-state index is 11.0. The molecule has 0 amide bonds. The normalized spacial score (nSPS) is 15.5. The predicted molar refractivity (Wildman–Crippen MR) is 101 cm³/mol. The highest BCUT2D eigenvalue weighted by molar-refractivity contribution is 5.55. The van der Waals surface area contributed by atoms with Crippen LogP contribution in [0.3, 0.4) is 0 Å². The van der Waals surface area contributed by atoms with E-state index in [1.54, 1.807) is 13.0 Å². The number of piperazine rings is 1. The smallest absolute Gasteiger partial charge is 0.272 e. The Kier molecular flexibility index (Phi) is 4.30. The van der Waals surface area contributed by atoms with Crippen LogP contribution < -0.4 is 4.90 Å². The number of nitrogens with zero attached hydrogens (tertiary/aromatic N) is 5. The Morgan fingerprint density at radius 2 is 1.96 bits per heavy atom. The summed E-state index contributed by atoms with van der Waals surface area (Å²) in [5.74, 6) is 0. The number of hydrogen-bond acceptors (Lipinski definition) is 5. The highest BCUT2D eigenvalue weighted by Gasteiger charge is 2.20. The summed E-state index contributed by atoms with van der Waals surface area (Å²) in [6.07, 6.45) is 4.10. The summed E-state index contributed by atoms with van der Waals surface area (Å²) in [6, 6.07) is 11.4. The number of aromatic nitrogens is 2. The van der Waals surface area contributed by atoms with E-state index in [-0.39, 0.29) is 10.6 Å². The zero-order valence-corrected chi connectivity index (χ0v) is 14.7. The lowest BCUT2D eigenvalue weighted by Gasteiger charge is -2.35. The zero-order valence-electron chi connectivity index (χ0n) is 14.7. The standard InChI is InChI=1S/C19H21N5O2/c1-15-12-17(5-6-18(15)24(25)26)22-10-8-21(9-11-22)13-16-14-23-7-3-2-4-19(23)20-16/h2-7,12,14H,8-11,13H2,1H3. The fraction of sp³-hybridized carbons (Fsp3) is 0.316. The van der Waals surface area contributed by atoms with Gasteiger partial charge in [0.05, 0.1) is 10.6 Å². The summed E-state index contributed by atoms with van der Waals surface area (Å²) in [6.45, 7) is 6.35. The van der Waals surface area contributed by atoms with Gasteiger partial charge in [0.25, 0.3) is 5.69 Å². The van der Waals surface area contributed by atoms with Gasteiger partial charge in [-0.3, -0.25) is 15.0 Å². The minimum Gasteiger partial charge on any atom is -0.369 e. The van der Waals surface area contributed by atoms with Gasteiger partial charge in [0.1, 0.15) is 5.65 Å². The number of pyridine rings is 1. The Balaban J connectivity index is 1.39. The summed E-state index contributed by atoms with van der Waals surface area (Å²) in [5.41, 5.74) is 4.00. The van der Waals surface area contributed by atoms with Gasteiger partial charge in [-0.1, -0.05) is 6.07 Å². The fourth-order valence-electron chi connectivity index (χ4n) is 3.50. The molecule has 0 spiro atoms. The molecule has 3 heterocycles. The number of imidazole rings is 1. The van der Waals surface area contributed by atoms with Crippen molar-refractivity contribution in [3.8, 4) is 0 Å². The number of rotatable bonds is 4. The van der Waals surface area contributed by atoms with Gasteiger partial charge in [-0.25, -0.2) is 4.98 Å². The minimum absolute atomic E-state index is 0.180. The van der Waals surface area contributed by atoms with Crippen molar-refractivity contribution in [1.29, 1.82) is 0 Å². The Morgan fingerprint density at radius 3 is 2.65 bits per heavy atom. The van der Waals surface area contributed by atoms with Crippen LogP contribution in [0.4, 0.5) is 11.4 Å². The van der Waals surface area contributed by atoms with E-state index in [0.717, 1.165) is 49.8 Å². The molecule has 1 fully saturated rings. The van der Waals surface area contributed by atoms with Gasteiger partial charge in [0.2, 0.25) is 0 Å². The first-order valence-corrected chi connectivity index (χ1v) is 8.75. The topological polar surface area (TPSA) is 66.9 Å². The lowest BCUT2D eigenvalue weighted by molar-refractivity contribution is -0.385. The van der Waals surface area contributed by atoms with E-state index in [4.69, 9.17) is 0 Å². The number of anilines is 1. The molecule has 0 aliphatic carbocycles. The van der Waals surface area contributed by atoms with Crippen LogP contribution in [-0.4, -0.2) is 45.4 Å². The third-order valence-corrected chi connectivity index (χ3v) is 4.91. The maximum atomic E-state index is 11.0. The van der Waals surface area contributed by atoms with Crippen LogP contribution in [0.2, 0.25) is 0 Å². The monoisotopic (exact) mass is 351 g/mol. The quantitative estimate of drug-likeness (QED) is 0.534. The SMILES string of the molecule is Cc1cc(N2CCN(Cc3cn4ccccc4n3)CC2)ccc1[N+](=O)[O-]. The van der Waals surface area contributed by atoms with Gasteiger partial charge in [0.15, 0.2) is 0 Å². The van der Waals surface area contributed by atoms with Crippen LogP contribution in [0.1, 0.15) is 11.3 Å². The molecule has 1 aliphatic heterocycles. The summed E-state index contributed by atoms with van der Waals surface area (Å²) >= 11 is 0. The van der Waals surface area contributed by atoms with E-state index < -0.39 is 0 Å². The van der Waals surface area contributed by atoms with Crippen molar-refractivity contribution < 1.29 is 4.92 Å². The number of fused-ring (bicyclic) bond motifs is 1. The molecule has 1 aromatic carbocycles. The van der Waals surface area contributed by atoms with E-state index in [9.17, 15) is 10.1 Å². The van der Waals surface area contributed by atoms with E-state index in [2.05, 4.69) is 21.0 Å². The number of nitro benzene ring substituents is 1. The van der Waals surface area contributed by atoms with Crippen molar-refractivity contribution in [3.63, 3.8) is 0 Å². The van der Waals surface area contributed by atoms with Crippen LogP contribution in [-0.2, 0) is 6.54 Å². The van der Waals surface area contributed by atoms with E-state index in [0.29, 0.717) is 5.56 Å². The molecule has 0 atom stereocenters. The molecule has 7 nitrogen and oxygen atoms in total. The average molecular weight is 351 g/mol. The second-order valence-electron chi connectivity index (χ2n) is 6.69. The molecular formula is C19H21N5O2. The summed E-state index contributed by atoms with van der Waals surface area (Å²) in [5, 5.41) is 11.0. The van der Waals surface area contributed by atoms with Crippen molar-refractivity contribution in [2.75, 3.05) is 31.1 Å². The highest BCUT2D eigenvalue weighted by Crippen LogP contribution is 2.25. The third kappa shape index (κ3) is 3.25. The first-order valence-electron chi connectivity index (χ1n) is 8.75. The largest absolute Gasteiger partial charge is 0.369 e. The Hall–Kier alpha value is -2.93. The second-order valence-corrected chi connectivity index (χ2v) is 6.69. The van der Waals surface area contributed by atoms with Crippen LogP contribution in [0.15, 0.2) is 48.8 Å². The van der Waals surface area contributed by atoms with Crippen LogP contribution in [0.25, 0.3) is 5.65 Å². The van der Waals surface area contributed by atoms with Gasteiger partial charge in [0, 0.05) is 62.4 Å². The molecule has 0 saturated carbocycles. The average Bonchev–Trinajstić information content (AvgIpc) is 3.04. The number of aryl methyl sites for hydroxylation is 1.